The number of hydrogen-bond donors (Lipinski definition) is 3. The minimum absolute atomic E-state index is 0.122. The Morgan fingerprint density at radius 1 is 1.17 bits per heavy atom. The summed E-state index contributed by atoms with van der Waals surface area (Å²) >= 11 is 9.66. The van der Waals surface area contributed by atoms with Crippen molar-refractivity contribution in [2.75, 3.05) is 7.11 Å². The number of aromatic nitrogens is 1. The highest BCUT2D eigenvalue weighted by atomic mass is 79.9. The van der Waals surface area contributed by atoms with E-state index in [1.165, 1.54) is 19.2 Å². The molecule has 9 heteroatoms. The molecule has 182 valence electrons. The van der Waals surface area contributed by atoms with Crippen LogP contribution in [0.1, 0.15) is 16.7 Å². The Hall–Kier alpha value is -3.07. The third-order valence-corrected chi connectivity index (χ3v) is 6.83. The van der Waals surface area contributed by atoms with Gasteiger partial charge in [-0.15, -0.1) is 0 Å². The molecule has 0 saturated carbocycles. The van der Waals surface area contributed by atoms with Gasteiger partial charge in [-0.2, -0.15) is 0 Å². The van der Waals surface area contributed by atoms with Gasteiger partial charge in [-0.05, 0) is 35.9 Å². The van der Waals surface area contributed by atoms with Crippen molar-refractivity contribution in [3.05, 3.63) is 92.8 Å². The Bertz CT molecular complexity index is 1340. The number of para-hydroxylation sites is 1. The maximum Gasteiger partial charge on any atom is 0.321 e. The first-order chi connectivity index (χ1) is 16.9. The number of benzene rings is 3. The van der Waals surface area contributed by atoms with Crippen molar-refractivity contribution >= 4 is 44.4 Å². The van der Waals surface area contributed by atoms with Crippen molar-refractivity contribution in [3.8, 4) is 11.5 Å². The first-order valence-corrected chi connectivity index (χ1v) is 12.0. The molecule has 3 aromatic carbocycles. The topological polar surface area (TPSA) is 83.6 Å². The van der Waals surface area contributed by atoms with Crippen LogP contribution in [0.2, 0.25) is 5.02 Å². The molecule has 0 radical (unpaired) electrons. The van der Waals surface area contributed by atoms with Crippen molar-refractivity contribution in [1.82, 2.24) is 10.3 Å². The molecule has 6 nitrogen and oxygen atoms in total. The molecule has 1 aromatic heterocycles. The third kappa shape index (κ3) is 5.61. The molecule has 0 aliphatic heterocycles. The Labute approximate surface area is 215 Å². The lowest BCUT2D eigenvalue weighted by Crippen LogP contribution is -2.38. The van der Waals surface area contributed by atoms with Gasteiger partial charge in [0.25, 0.3) is 0 Å². The Morgan fingerprint density at radius 3 is 2.71 bits per heavy atom. The summed E-state index contributed by atoms with van der Waals surface area (Å²) in [6.45, 7) is 0.0421. The highest BCUT2D eigenvalue weighted by molar-refractivity contribution is 9.10. The van der Waals surface area contributed by atoms with E-state index in [-0.39, 0.29) is 30.2 Å². The van der Waals surface area contributed by atoms with E-state index in [1.807, 2.05) is 30.5 Å². The second-order valence-corrected chi connectivity index (χ2v) is 9.14. The number of halogens is 3. The van der Waals surface area contributed by atoms with E-state index in [0.717, 1.165) is 16.5 Å². The molecule has 1 atom stereocenters. The van der Waals surface area contributed by atoms with Gasteiger partial charge in [0.2, 0.25) is 0 Å². The number of nitrogens with one attached hydrogen (secondary N) is 2. The van der Waals surface area contributed by atoms with Crippen LogP contribution in [0, 0.1) is 5.82 Å². The second kappa shape index (κ2) is 11.1. The van der Waals surface area contributed by atoms with E-state index in [0.29, 0.717) is 21.5 Å². The lowest BCUT2D eigenvalue weighted by atomic mass is 10.0. The van der Waals surface area contributed by atoms with Gasteiger partial charge in [0.15, 0.2) is 11.5 Å². The van der Waals surface area contributed by atoms with E-state index in [4.69, 9.17) is 21.1 Å². The first-order valence-electron chi connectivity index (χ1n) is 10.8. The van der Waals surface area contributed by atoms with Crippen LogP contribution in [0.25, 0.3) is 10.9 Å². The lowest BCUT2D eigenvalue weighted by Gasteiger charge is -2.20. The summed E-state index contributed by atoms with van der Waals surface area (Å²) in [7, 11) is 1.50. The monoisotopic (exact) mass is 560 g/mol. The fourth-order valence-corrected chi connectivity index (χ4v) is 4.54. The van der Waals surface area contributed by atoms with Gasteiger partial charge in [-0.1, -0.05) is 51.8 Å². The smallest absolute Gasteiger partial charge is 0.321 e. The van der Waals surface area contributed by atoms with Gasteiger partial charge in [-0.25, -0.2) is 4.39 Å². The van der Waals surface area contributed by atoms with Gasteiger partial charge in [0.05, 0.1) is 12.1 Å². The minimum atomic E-state index is -0.977. The first kappa shape index (κ1) is 25.0. The SMILES string of the molecule is COc1ccc(Br)c(CNC(Cc2c[nH]c3ccccc23)C(=O)O)c1OCc1c(F)cccc1Cl. The average Bonchev–Trinajstić information content (AvgIpc) is 3.25. The maximum absolute atomic E-state index is 14.3. The molecule has 0 saturated heterocycles. The summed E-state index contributed by atoms with van der Waals surface area (Å²) in [6, 6.07) is 14.8. The summed E-state index contributed by atoms with van der Waals surface area (Å²) < 4.78 is 26.4. The molecule has 4 rings (SSSR count). The molecule has 0 aliphatic rings. The van der Waals surface area contributed by atoms with Gasteiger partial charge in [-0.3, -0.25) is 10.1 Å². The zero-order valence-corrected chi connectivity index (χ0v) is 21.1. The number of methoxy groups -OCH3 is 1. The lowest BCUT2D eigenvalue weighted by molar-refractivity contribution is -0.139. The minimum Gasteiger partial charge on any atom is -0.493 e. The van der Waals surface area contributed by atoms with Crippen LogP contribution in [-0.2, 0) is 24.4 Å². The predicted molar refractivity (Wildman–Crippen MR) is 137 cm³/mol. The summed E-state index contributed by atoms with van der Waals surface area (Å²) in [5.41, 5.74) is 2.71. The number of aromatic amines is 1. The summed E-state index contributed by atoms with van der Waals surface area (Å²) in [5.74, 6) is -0.656. The zero-order valence-electron chi connectivity index (χ0n) is 18.8. The molecule has 0 spiro atoms. The van der Waals surface area contributed by atoms with E-state index in [1.54, 1.807) is 18.2 Å². The number of carboxylic acid groups (broad SMARTS) is 1. The fourth-order valence-electron chi connectivity index (χ4n) is 3.87. The zero-order chi connectivity index (χ0) is 24.9. The largest absolute Gasteiger partial charge is 0.493 e. The molecular formula is C26H23BrClFN2O4. The molecule has 3 N–H and O–H groups in total. The van der Waals surface area contributed by atoms with Crippen molar-refractivity contribution < 1.29 is 23.8 Å². The van der Waals surface area contributed by atoms with Crippen molar-refractivity contribution in [2.24, 2.45) is 0 Å². The van der Waals surface area contributed by atoms with Crippen LogP contribution in [0.3, 0.4) is 0 Å². The highest BCUT2D eigenvalue weighted by Crippen LogP contribution is 2.37. The van der Waals surface area contributed by atoms with Crippen LogP contribution in [0.15, 0.2) is 65.3 Å². The fraction of sp³-hybridized carbons (Fsp3) is 0.192. The van der Waals surface area contributed by atoms with Gasteiger partial charge < -0.3 is 19.6 Å². The third-order valence-electron chi connectivity index (χ3n) is 5.73. The van der Waals surface area contributed by atoms with E-state index >= 15 is 0 Å². The number of carboxylic acids is 1. The number of fused-ring (bicyclic) bond motifs is 1. The normalized spacial score (nSPS) is 12.0. The molecule has 1 heterocycles. The quantitative estimate of drug-likeness (QED) is 0.218. The van der Waals surface area contributed by atoms with Crippen LogP contribution in [0.4, 0.5) is 4.39 Å². The summed E-state index contributed by atoms with van der Waals surface area (Å²) in [4.78, 5) is 15.2. The molecule has 0 fully saturated rings. The number of rotatable bonds is 10. The Kier molecular flexibility index (Phi) is 7.95. The van der Waals surface area contributed by atoms with Crippen molar-refractivity contribution in [1.29, 1.82) is 0 Å². The van der Waals surface area contributed by atoms with E-state index < -0.39 is 17.8 Å². The van der Waals surface area contributed by atoms with Crippen molar-refractivity contribution in [2.45, 2.75) is 25.6 Å². The molecule has 0 amide bonds. The number of ether oxygens (including phenoxy) is 2. The molecule has 0 aliphatic carbocycles. The molecule has 0 bridgehead atoms. The van der Waals surface area contributed by atoms with Gasteiger partial charge >= 0.3 is 5.97 Å². The van der Waals surface area contributed by atoms with Gasteiger partial charge in [0, 0.05) is 45.7 Å². The Balaban J connectivity index is 1.57. The highest BCUT2D eigenvalue weighted by Gasteiger charge is 2.22. The van der Waals surface area contributed by atoms with Gasteiger partial charge in [0.1, 0.15) is 18.5 Å². The van der Waals surface area contributed by atoms with E-state index in [2.05, 4.69) is 26.2 Å². The molecule has 1 unspecified atom stereocenters. The van der Waals surface area contributed by atoms with E-state index in [9.17, 15) is 14.3 Å². The standard InChI is InChI=1S/C26H23BrClFN2O4/c1-34-24-10-9-19(27)17(25(24)35-14-18-20(28)6-4-7-21(18)29)13-31-23(26(32)33)11-15-12-30-22-8-3-2-5-16(15)22/h2-10,12,23,30-31H,11,13-14H2,1H3,(H,32,33). The number of carbonyl (C=O) groups is 1. The summed E-state index contributed by atoms with van der Waals surface area (Å²) in [5, 5.41) is 14.2. The maximum atomic E-state index is 14.3. The Morgan fingerprint density at radius 2 is 1.97 bits per heavy atom. The number of H-pyrrole nitrogens is 1. The van der Waals surface area contributed by atoms with Crippen molar-refractivity contribution in [3.63, 3.8) is 0 Å². The summed E-state index contributed by atoms with van der Waals surface area (Å²) in [6.07, 6.45) is 2.11. The molecular weight excluding hydrogens is 539 g/mol. The van der Waals surface area contributed by atoms with Crippen LogP contribution < -0.4 is 14.8 Å². The average molecular weight is 562 g/mol. The number of hydrogen-bond acceptors (Lipinski definition) is 4. The van der Waals surface area contributed by atoms with Crippen LogP contribution in [0.5, 0.6) is 11.5 Å². The second-order valence-electron chi connectivity index (χ2n) is 7.88. The van der Waals surface area contributed by atoms with Crippen LogP contribution >= 0.6 is 27.5 Å². The molecule has 4 aromatic rings. The molecule has 35 heavy (non-hydrogen) atoms. The predicted octanol–water partition coefficient (Wildman–Crippen LogP) is 6.10. The van der Waals surface area contributed by atoms with Crippen LogP contribution in [-0.4, -0.2) is 29.2 Å². The number of aliphatic carboxylic acids is 1.